The molecule has 1 atom stereocenters. The first-order valence-corrected chi connectivity index (χ1v) is 13.4. The summed E-state index contributed by atoms with van der Waals surface area (Å²) < 4.78 is 0. The summed E-state index contributed by atoms with van der Waals surface area (Å²) in [6, 6.07) is 14.0. The number of imidazole rings is 1. The molecule has 2 aromatic heterocycles. The van der Waals surface area contributed by atoms with Gasteiger partial charge in [-0.25, -0.2) is 15.0 Å². The number of hydrogen-bond acceptors (Lipinski definition) is 5. The molecule has 0 radical (unpaired) electrons. The molecule has 4 aromatic rings. The van der Waals surface area contributed by atoms with Crippen molar-refractivity contribution in [3.63, 3.8) is 0 Å². The Labute approximate surface area is 213 Å². The number of rotatable bonds is 11. The quantitative estimate of drug-likeness (QED) is 0.213. The van der Waals surface area contributed by atoms with E-state index in [1.54, 1.807) is 12.7 Å². The molecule has 1 aliphatic heterocycles. The summed E-state index contributed by atoms with van der Waals surface area (Å²) in [5, 5.41) is 5.50. The molecule has 5 rings (SSSR count). The monoisotopic (exact) mass is 486 g/mol. The van der Waals surface area contributed by atoms with E-state index in [0.717, 1.165) is 75.0 Å². The second-order valence-corrected chi connectivity index (χ2v) is 9.14. The molecule has 7 nitrogen and oxygen atoms in total. The van der Waals surface area contributed by atoms with Gasteiger partial charge in [-0.1, -0.05) is 56.7 Å². The van der Waals surface area contributed by atoms with Crippen LogP contribution in [0.2, 0.25) is 0 Å². The molecule has 2 aromatic carbocycles. The van der Waals surface area contributed by atoms with Gasteiger partial charge in [-0.05, 0) is 66.8 Å². The Morgan fingerprint density at radius 2 is 1.78 bits per heavy atom. The van der Waals surface area contributed by atoms with Crippen LogP contribution in [-0.2, 0) is 17.6 Å². The van der Waals surface area contributed by atoms with Crippen molar-refractivity contribution < 1.29 is 4.79 Å². The van der Waals surface area contributed by atoms with Gasteiger partial charge in [0, 0.05) is 19.1 Å². The summed E-state index contributed by atoms with van der Waals surface area (Å²) >= 11 is 0. The molecule has 0 spiro atoms. The molecule has 1 saturated heterocycles. The van der Waals surface area contributed by atoms with Gasteiger partial charge in [-0.15, -0.1) is 0 Å². The van der Waals surface area contributed by atoms with E-state index in [4.69, 9.17) is 0 Å². The third kappa shape index (κ3) is 5.83. The van der Waals surface area contributed by atoms with Gasteiger partial charge in [-0.2, -0.15) is 0 Å². The molecular formula is C29H38N6O. The molecule has 0 aliphatic carbocycles. The lowest BCUT2D eigenvalue weighted by Gasteiger charge is -2.26. The molecule has 0 bridgehead atoms. The number of benzene rings is 2. The molecule has 7 heteroatoms. The molecule has 36 heavy (non-hydrogen) atoms. The number of carbonyl (C=O) groups is 1. The van der Waals surface area contributed by atoms with E-state index < -0.39 is 0 Å². The van der Waals surface area contributed by atoms with Crippen molar-refractivity contribution in [2.45, 2.75) is 71.3 Å². The van der Waals surface area contributed by atoms with Crippen LogP contribution in [0.4, 0.5) is 5.82 Å². The van der Waals surface area contributed by atoms with Crippen LogP contribution in [0.15, 0.2) is 49.1 Å². The summed E-state index contributed by atoms with van der Waals surface area (Å²) in [4.78, 5) is 29.2. The molecule has 2 N–H and O–H groups in total. The highest BCUT2D eigenvalue weighted by atomic mass is 16.1. The maximum Gasteiger partial charge on any atom is 0.207 e. The number of aromatic nitrogens is 4. The Bertz CT molecular complexity index is 1250. The third-order valence-corrected chi connectivity index (χ3v) is 7.05. The molecular weight excluding hydrogens is 448 g/mol. The van der Waals surface area contributed by atoms with Crippen molar-refractivity contribution >= 4 is 34.2 Å². The number of hydrogen-bond donors (Lipinski definition) is 2. The largest absolute Gasteiger partial charge is 0.359 e. The number of nitrogens with zero attached hydrogens (tertiary/aromatic N) is 4. The Kier molecular flexibility index (Phi) is 9.25. The zero-order valence-electron chi connectivity index (χ0n) is 21.5. The van der Waals surface area contributed by atoms with Gasteiger partial charge in [0.2, 0.25) is 6.41 Å². The predicted octanol–water partition coefficient (Wildman–Crippen LogP) is 5.59. The number of aryl methyl sites for hydroxylation is 2. The topological polar surface area (TPSA) is 86.8 Å². The average Bonchev–Trinajstić information content (AvgIpc) is 3.61. The second-order valence-electron chi connectivity index (χ2n) is 9.14. The fourth-order valence-electron chi connectivity index (χ4n) is 5.34. The van der Waals surface area contributed by atoms with E-state index >= 15 is 0 Å². The lowest BCUT2D eigenvalue weighted by Crippen LogP contribution is -2.30. The highest BCUT2D eigenvalue weighted by Crippen LogP contribution is 2.31. The molecule has 1 fully saturated rings. The lowest BCUT2D eigenvalue weighted by atomic mass is 9.93. The minimum absolute atomic E-state index is 0.472. The minimum atomic E-state index is 0.472. The normalized spacial score (nSPS) is 15.2. The SMILES string of the molecule is CC.O=CNCCCCCc1ccc(CCC2CCCN2c2ncnc3nc[nH]c23)c2ccccc12. The Morgan fingerprint density at radius 1 is 1.00 bits per heavy atom. The number of aromatic amines is 1. The minimum Gasteiger partial charge on any atom is -0.359 e. The van der Waals surface area contributed by atoms with Crippen molar-refractivity contribution in [3.05, 3.63) is 60.2 Å². The molecule has 1 amide bonds. The van der Waals surface area contributed by atoms with Crippen LogP contribution in [0.5, 0.6) is 0 Å². The molecule has 190 valence electrons. The first kappa shape index (κ1) is 25.6. The predicted molar refractivity (Wildman–Crippen MR) is 147 cm³/mol. The summed E-state index contributed by atoms with van der Waals surface area (Å²) in [6.45, 7) is 5.79. The summed E-state index contributed by atoms with van der Waals surface area (Å²) in [7, 11) is 0. The van der Waals surface area contributed by atoms with Crippen molar-refractivity contribution in [1.82, 2.24) is 25.3 Å². The Hall–Kier alpha value is -3.48. The van der Waals surface area contributed by atoms with Gasteiger partial charge < -0.3 is 15.2 Å². The van der Waals surface area contributed by atoms with Crippen LogP contribution in [-0.4, -0.2) is 45.5 Å². The van der Waals surface area contributed by atoms with Crippen molar-refractivity contribution in [2.24, 2.45) is 0 Å². The van der Waals surface area contributed by atoms with Crippen molar-refractivity contribution in [1.29, 1.82) is 0 Å². The van der Waals surface area contributed by atoms with E-state index in [0.29, 0.717) is 6.04 Å². The molecule has 1 aliphatic rings. The third-order valence-electron chi connectivity index (χ3n) is 7.05. The van der Waals surface area contributed by atoms with Crippen LogP contribution in [0.3, 0.4) is 0 Å². The fraction of sp³-hybridized carbons (Fsp3) is 0.448. The summed E-state index contributed by atoms with van der Waals surface area (Å²) in [5.41, 5.74) is 4.52. The van der Waals surface area contributed by atoms with Crippen LogP contribution in [0, 0.1) is 0 Å². The van der Waals surface area contributed by atoms with Gasteiger partial charge in [0.1, 0.15) is 11.8 Å². The maximum atomic E-state index is 10.4. The van der Waals surface area contributed by atoms with E-state index in [-0.39, 0.29) is 0 Å². The van der Waals surface area contributed by atoms with Gasteiger partial charge in [0.15, 0.2) is 11.5 Å². The Morgan fingerprint density at radius 3 is 2.56 bits per heavy atom. The highest BCUT2D eigenvalue weighted by molar-refractivity contribution is 5.89. The highest BCUT2D eigenvalue weighted by Gasteiger charge is 2.27. The number of amides is 1. The van der Waals surface area contributed by atoms with Crippen LogP contribution < -0.4 is 10.2 Å². The van der Waals surface area contributed by atoms with Gasteiger partial charge in [0.25, 0.3) is 0 Å². The molecule has 3 heterocycles. The number of carbonyl (C=O) groups excluding carboxylic acids is 1. The zero-order valence-corrected chi connectivity index (χ0v) is 21.5. The summed E-state index contributed by atoms with van der Waals surface area (Å²) in [6.07, 6.45) is 13.0. The first-order chi connectivity index (χ1) is 17.8. The van der Waals surface area contributed by atoms with Crippen molar-refractivity contribution in [3.8, 4) is 0 Å². The number of anilines is 1. The first-order valence-electron chi connectivity index (χ1n) is 13.4. The lowest BCUT2D eigenvalue weighted by molar-refractivity contribution is -0.109. The number of unbranched alkanes of at least 4 members (excludes halogenated alkanes) is 2. The zero-order chi connectivity index (χ0) is 25.2. The maximum absolute atomic E-state index is 10.4. The van der Waals surface area contributed by atoms with Crippen molar-refractivity contribution in [2.75, 3.05) is 18.0 Å². The molecule has 0 saturated carbocycles. The average molecular weight is 487 g/mol. The number of nitrogens with one attached hydrogen (secondary N) is 2. The van der Waals surface area contributed by atoms with Gasteiger partial charge in [-0.3, -0.25) is 4.79 Å². The number of fused-ring (bicyclic) bond motifs is 2. The van der Waals surface area contributed by atoms with Crippen LogP contribution >= 0.6 is 0 Å². The van der Waals surface area contributed by atoms with E-state index in [2.05, 4.69) is 66.6 Å². The Balaban J connectivity index is 0.00000148. The second kappa shape index (κ2) is 13.0. The number of H-pyrrole nitrogens is 1. The van der Waals surface area contributed by atoms with Gasteiger partial charge in [0.05, 0.1) is 6.33 Å². The molecule has 1 unspecified atom stereocenters. The van der Waals surface area contributed by atoms with Gasteiger partial charge >= 0.3 is 0 Å². The van der Waals surface area contributed by atoms with Crippen LogP contribution in [0.1, 0.15) is 63.5 Å². The van der Waals surface area contributed by atoms with E-state index in [1.807, 2.05) is 13.8 Å². The summed E-state index contributed by atoms with van der Waals surface area (Å²) in [5.74, 6) is 0.980. The smallest absolute Gasteiger partial charge is 0.207 e. The van der Waals surface area contributed by atoms with Crippen LogP contribution in [0.25, 0.3) is 21.9 Å². The standard InChI is InChI=1S/C27H32N6O.C2H6/c34-19-28-15-5-1-2-7-20-11-12-21(24-10-4-3-9-23(20)24)13-14-22-8-6-16-33(22)27-25-26(30-17-29-25)31-18-32-27;1-2/h3-4,9-12,17-19,22H,1-2,5-8,13-16H2,(H,28,34)(H,29,30,31,32);1-2H3. The van der Waals surface area contributed by atoms with E-state index in [9.17, 15) is 4.79 Å². The fourth-order valence-corrected chi connectivity index (χ4v) is 5.34. The van der Waals surface area contributed by atoms with E-state index in [1.165, 1.54) is 34.7 Å².